The number of anilines is 1. The molecule has 0 saturated carbocycles. The third kappa shape index (κ3) is 6.49. The van der Waals surface area contributed by atoms with Gasteiger partial charge < -0.3 is 10.6 Å². The molecule has 0 saturated heterocycles. The first-order chi connectivity index (χ1) is 11.1. The summed E-state index contributed by atoms with van der Waals surface area (Å²) >= 11 is 0. The third-order valence-corrected chi connectivity index (χ3v) is 3.48. The van der Waals surface area contributed by atoms with Crippen LogP contribution in [0.2, 0.25) is 0 Å². The summed E-state index contributed by atoms with van der Waals surface area (Å²) in [7, 11) is 0. The molecule has 0 aliphatic heterocycles. The molecule has 2 N–H and O–H groups in total. The summed E-state index contributed by atoms with van der Waals surface area (Å²) in [6.45, 7) is 5.48. The van der Waals surface area contributed by atoms with Crippen molar-refractivity contribution in [3.05, 3.63) is 71.3 Å². The maximum atomic E-state index is 11.0. The lowest BCUT2D eigenvalue weighted by Gasteiger charge is -2.07. The van der Waals surface area contributed by atoms with Gasteiger partial charge in [0, 0.05) is 19.2 Å². The predicted molar refractivity (Wildman–Crippen MR) is 97.4 cm³/mol. The van der Waals surface area contributed by atoms with Crippen LogP contribution in [0, 0.1) is 0 Å². The Morgan fingerprint density at radius 1 is 1.00 bits per heavy atom. The molecule has 2 rings (SSSR count). The fourth-order valence-corrected chi connectivity index (χ4v) is 2.36. The highest BCUT2D eigenvalue weighted by Crippen LogP contribution is 2.10. The molecule has 0 aliphatic carbocycles. The number of rotatable bonds is 7. The Morgan fingerprint density at radius 3 is 2.35 bits per heavy atom. The van der Waals surface area contributed by atoms with Gasteiger partial charge in [-0.1, -0.05) is 54.1 Å². The third-order valence-electron chi connectivity index (χ3n) is 3.48. The number of hydrogen-bond donors (Lipinski definition) is 2. The van der Waals surface area contributed by atoms with Crippen LogP contribution in [0.4, 0.5) is 5.69 Å². The van der Waals surface area contributed by atoms with E-state index in [-0.39, 0.29) is 5.91 Å². The van der Waals surface area contributed by atoms with E-state index < -0.39 is 0 Å². The number of carbonyl (C=O) groups excluding carboxylic acids is 1. The standard InChI is InChI=1S/C20H24N2O/c1-16(14-19-6-4-3-5-7-19)15-21-13-12-18-8-10-20(11-9-18)22-17(2)23/h3-11,14,21H,12-13,15H2,1-2H3,(H,22,23)/b16-14+. The van der Waals surface area contributed by atoms with Gasteiger partial charge in [-0.05, 0) is 43.1 Å². The lowest BCUT2D eigenvalue weighted by Crippen LogP contribution is -2.19. The first kappa shape index (κ1) is 17.0. The van der Waals surface area contributed by atoms with Crippen molar-refractivity contribution in [3.63, 3.8) is 0 Å². The Labute approximate surface area is 138 Å². The van der Waals surface area contributed by atoms with Crippen molar-refractivity contribution in [2.75, 3.05) is 18.4 Å². The van der Waals surface area contributed by atoms with Gasteiger partial charge in [0.05, 0.1) is 0 Å². The molecule has 0 unspecified atom stereocenters. The van der Waals surface area contributed by atoms with Gasteiger partial charge in [0.15, 0.2) is 0 Å². The van der Waals surface area contributed by atoms with E-state index in [1.807, 2.05) is 18.2 Å². The van der Waals surface area contributed by atoms with E-state index in [0.29, 0.717) is 0 Å². The molecule has 2 aromatic rings. The van der Waals surface area contributed by atoms with Gasteiger partial charge in [-0.2, -0.15) is 0 Å². The first-order valence-corrected chi connectivity index (χ1v) is 7.93. The van der Waals surface area contributed by atoms with Crippen molar-refractivity contribution in [2.24, 2.45) is 0 Å². The second kappa shape index (κ2) is 8.91. The highest BCUT2D eigenvalue weighted by Gasteiger charge is 1.97. The van der Waals surface area contributed by atoms with E-state index in [0.717, 1.165) is 25.2 Å². The molecule has 0 aliphatic rings. The molecule has 0 spiro atoms. The summed E-state index contributed by atoms with van der Waals surface area (Å²) in [5.41, 5.74) is 4.66. The van der Waals surface area contributed by atoms with Crippen molar-refractivity contribution >= 4 is 17.7 Å². The van der Waals surface area contributed by atoms with E-state index in [4.69, 9.17) is 0 Å². The molecular weight excluding hydrogens is 284 g/mol. The highest BCUT2D eigenvalue weighted by atomic mass is 16.1. The van der Waals surface area contributed by atoms with Gasteiger partial charge in [-0.25, -0.2) is 0 Å². The molecule has 3 nitrogen and oxygen atoms in total. The maximum Gasteiger partial charge on any atom is 0.221 e. The maximum absolute atomic E-state index is 11.0. The van der Waals surface area contributed by atoms with Crippen LogP contribution < -0.4 is 10.6 Å². The molecule has 0 radical (unpaired) electrons. The smallest absolute Gasteiger partial charge is 0.221 e. The number of carbonyl (C=O) groups is 1. The van der Waals surface area contributed by atoms with E-state index in [9.17, 15) is 4.79 Å². The van der Waals surface area contributed by atoms with Crippen LogP contribution >= 0.6 is 0 Å². The Balaban J connectivity index is 1.72. The molecule has 3 heteroatoms. The Morgan fingerprint density at radius 2 is 1.70 bits per heavy atom. The van der Waals surface area contributed by atoms with Gasteiger partial charge in [0.25, 0.3) is 0 Å². The molecule has 120 valence electrons. The van der Waals surface area contributed by atoms with Crippen LogP contribution in [0.1, 0.15) is 25.0 Å². The summed E-state index contributed by atoms with van der Waals surface area (Å²) < 4.78 is 0. The van der Waals surface area contributed by atoms with E-state index in [1.54, 1.807) is 0 Å². The van der Waals surface area contributed by atoms with Crippen LogP contribution in [0.15, 0.2) is 60.2 Å². The fourth-order valence-electron chi connectivity index (χ4n) is 2.36. The van der Waals surface area contributed by atoms with Crippen LogP contribution in [0.3, 0.4) is 0 Å². The molecule has 0 heterocycles. The number of benzene rings is 2. The lowest BCUT2D eigenvalue weighted by atomic mass is 10.1. The van der Waals surface area contributed by atoms with E-state index >= 15 is 0 Å². The second-order valence-corrected chi connectivity index (χ2v) is 5.71. The Kier molecular flexibility index (Phi) is 6.57. The van der Waals surface area contributed by atoms with Crippen LogP contribution in [-0.4, -0.2) is 19.0 Å². The average Bonchev–Trinajstić information content (AvgIpc) is 2.53. The molecule has 0 bridgehead atoms. The van der Waals surface area contributed by atoms with Crippen molar-refractivity contribution in [1.29, 1.82) is 0 Å². The summed E-state index contributed by atoms with van der Waals surface area (Å²) in [6.07, 6.45) is 3.17. The molecular formula is C20H24N2O. The largest absolute Gasteiger partial charge is 0.326 e. The zero-order valence-corrected chi connectivity index (χ0v) is 13.8. The van der Waals surface area contributed by atoms with Crippen molar-refractivity contribution in [1.82, 2.24) is 5.32 Å². The van der Waals surface area contributed by atoms with Gasteiger partial charge in [0.2, 0.25) is 5.91 Å². The molecule has 23 heavy (non-hydrogen) atoms. The quantitative estimate of drug-likeness (QED) is 0.762. The van der Waals surface area contributed by atoms with Gasteiger partial charge >= 0.3 is 0 Å². The molecule has 0 fully saturated rings. The average molecular weight is 308 g/mol. The lowest BCUT2D eigenvalue weighted by molar-refractivity contribution is -0.114. The highest BCUT2D eigenvalue weighted by molar-refractivity contribution is 5.88. The predicted octanol–water partition coefficient (Wildman–Crippen LogP) is 3.88. The normalized spacial score (nSPS) is 11.3. The van der Waals surface area contributed by atoms with Crippen LogP contribution in [-0.2, 0) is 11.2 Å². The Bertz CT molecular complexity index is 645. The first-order valence-electron chi connectivity index (χ1n) is 7.93. The van der Waals surface area contributed by atoms with Crippen LogP contribution in [0.25, 0.3) is 6.08 Å². The summed E-state index contributed by atoms with van der Waals surface area (Å²) in [4.78, 5) is 11.0. The topological polar surface area (TPSA) is 41.1 Å². The minimum atomic E-state index is -0.0416. The van der Waals surface area contributed by atoms with Gasteiger partial charge in [-0.3, -0.25) is 4.79 Å². The van der Waals surface area contributed by atoms with E-state index in [1.165, 1.54) is 23.6 Å². The van der Waals surface area contributed by atoms with Gasteiger partial charge in [0.1, 0.15) is 0 Å². The minimum absolute atomic E-state index is 0.0416. The number of hydrogen-bond acceptors (Lipinski definition) is 2. The molecule has 0 aromatic heterocycles. The monoisotopic (exact) mass is 308 g/mol. The SMILES string of the molecule is CC(=O)Nc1ccc(CCNC/C(C)=C/c2ccccc2)cc1. The number of nitrogens with one attached hydrogen (secondary N) is 2. The fraction of sp³-hybridized carbons (Fsp3) is 0.250. The van der Waals surface area contributed by atoms with Crippen molar-refractivity contribution in [3.8, 4) is 0 Å². The minimum Gasteiger partial charge on any atom is -0.326 e. The summed E-state index contributed by atoms with van der Waals surface area (Å²) in [5.74, 6) is -0.0416. The second-order valence-electron chi connectivity index (χ2n) is 5.71. The zero-order chi connectivity index (χ0) is 16.5. The summed E-state index contributed by atoms with van der Waals surface area (Å²) in [6, 6.07) is 18.4. The van der Waals surface area contributed by atoms with E-state index in [2.05, 4.69) is 60.0 Å². The molecule has 1 amide bonds. The molecule has 0 atom stereocenters. The van der Waals surface area contributed by atoms with Crippen molar-refractivity contribution in [2.45, 2.75) is 20.3 Å². The number of amides is 1. The zero-order valence-electron chi connectivity index (χ0n) is 13.8. The van der Waals surface area contributed by atoms with Gasteiger partial charge in [-0.15, -0.1) is 0 Å². The van der Waals surface area contributed by atoms with Crippen molar-refractivity contribution < 1.29 is 4.79 Å². The summed E-state index contributed by atoms with van der Waals surface area (Å²) in [5, 5.41) is 6.24. The van der Waals surface area contributed by atoms with Crippen LogP contribution in [0.5, 0.6) is 0 Å². The molecule has 2 aromatic carbocycles. The Hall–Kier alpha value is -2.39.